The van der Waals surface area contributed by atoms with Crippen LogP contribution in [0.5, 0.6) is 0 Å². The van der Waals surface area contributed by atoms with Crippen LogP contribution in [0.3, 0.4) is 0 Å². The number of ether oxygens (including phenoxy) is 2. The van der Waals surface area contributed by atoms with Crippen molar-refractivity contribution >= 4 is 17.9 Å². The summed E-state index contributed by atoms with van der Waals surface area (Å²) in [6.45, 7) is 9.08. The lowest BCUT2D eigenvalue weighted by atomic mass is 9.61. The van der Waals surface area contributed by atoms with Crippen molar-refractivity contribution in [3.63, 3.8) is 0 Å². The molecular formula is C15H27N3O4. The largest absolute Gasteiger partial charge is 0.509 e. The van der Waals surface area contributed by atoms with Crippen molar-refractivity contribution in [2.24, 2.45) is 10.4 Å². The minimum atomic E-state index is -0.969. The SMILES string of the molecule is CNC(=NCCC(=O)C1(C)C(C)(C)OC(=O)OC1(C)C)NC. The van der Waals surface area contributed by atoms with E-state index in [0.29, 0.717) is 12.5 Å². The summed E-state index contributed by atoms with van der Waals surface area (Å²) in [6.07, 6.45) is -0.511. The summed E-state index contributed by atoms with van der Waals surface area (Å²) in [5, 5.41) is 5.77. The average Bonchev–Trinajstić information content (AvgIpc) is 2.39. The van der Waals surface area contributed by atoms with Crippen LogP contribution in [-0.4, -0.2) is 49.7 Å². The summed E-state index contributed by atoms with van der Waals surface area (Å²) in [6, 6.07) is 0. The summed E-state index contributed by atoms with van der Waals surface area (Å²) in [5.74, 6) is 0.563. The molecule has 1 saturated heterocycles. The van der Waals surface area contributed by atoms with E-state index in [1.165, 1.54) is 0 Å². The Kier molecular flexibility index (Phi) is 5.10. The van der Waals surface area contributed by atoms with Gasteiger partial charge in [0.1, 0.15) is 22.4 Å². The number of aliphatic imine (C=N–C) groups is 1. The highest BCUT2D eigenvalue weighted by Gasteiger charge is 2.63. The maximum atomic E-state index is 12.8. The van der Waals surface area contributed by atoms with Crippen LogP contribution in [-0.2, 0) is 14.3 Å². The number of ketones is 1. The molecule has 1 rings (SSSR count). The lowest BCUT2D eigenvalue weighted by molar-refractivity contribution is -0.221. The Labute approximate surface area is 131 Å². The van der Waals surface area contributed by atoms with Crippen LogP contribution in [0.2, 0.25) is 0 Å². The zero-order valence-electron chi connectivity index (χ0n) is 14.5. The van der Waals surface area contributed by atoms with Gasteiger partial charge in [0.05, 0.1) is 0 Å². The van der Waals surface area contributed by atoms with Gasteiger partial charge in [0.15, 0.2) is 5.96 Å². The minimum absolute atomic E-state index is 0.0506. The third-order valence-corrected chi connectivity index (χ3v) is 4.73. The fraction of sp³-hybridized carbons (Fsp3) is 0.800. The number of carbonyl (C=O) groups is 2. The molecule has 0 aromatic heterocycles. The van der Waals surface area contributed by atoms with Gasteiger partial charge in [0.2, 0.25) is 0 Å². The molecule has 0 atom stereocenters. The number of Topliss-reactive ketones (excluding diaryl/α,β-unsaturated/α-hetero) is 1. The van der Waals surface area contributed by atoms with Crippen molar-refractivity contribution in [2.75, 3.05) is 20.6 Å². The second-order valence-corrected chi connectivity index (χ2v) is 6.50. The number of carbonyl (C=O) groups excluding carboxylic acids is 2. The van der Waals surface area contributed by atoms with Gasteiger partial charge >= 0.3 is 6.16 Å². The molecule has 1 heterocycles. The molecule has 22 heavy (non-hydrogen) atoms. The van der Waals surface area contributed by atoms with E-state index in [0.717, 1.165) is 0 Å². The van der Waals surface area contributed by atoms with Crippen LogP contribution >= 0.6 is 0 Å². The van der Waals surface area contributed by atoms with Crippen LogP contribution in [0, 0.1) is 5.41 Å². The van der Waals surface area contributed by atoms with Gasteiger partial charge in [-0.3, -0.25) is 9.79 Å². The molecule has 7 nitrogen and oxygen atoms in total. The highest BCUT2D eigenvalue weighted by atomic mass is 16.8. The molecule has 126 valence electrons. The van der Waals surface area contributed by atoms with E-state index in [1.54, 1.807) is 48.7 Å². The van der Waals surface area contributed by atoms with E-state index in [1.807, 2.05) is 0 Å². The first-order valence-corrected chi connectivity index (χ1v) is 7.37. The molecule has 0 radical (unpaired) electrons. The molecule has 0 aromatic carbocycles. The van der Waals surface area contributed by atoms with E-state index in [9.17, 15) is 9.59 Å². The molecule has 0 aromatic rings. The number of guanidine groups is 1. The Hall–Kier alpha value is -1.79. The first-order valence-electron chi connectivity index (χ1n) is 7.37. The Bertz CT molecular complexity index is 457. The van der Waals surface area contributed by atoms with Crippen LogP contribution in [0.25, 0.3) is 0 Å². The molecule has 0 saturated carbocycles. The van der Waals surface area contributed by atoms with Crippen molar-refractivity contribution in [3.05, 3.63) is 0 Å². The second-order valence-electron chi connectivity index (χ2n) is 6.50. The fourth-order valence-electron chi connectivity index (χ4n) is 2.84. The number of hydrogen-bond donors (Lipinski definition) is 2. The molecule has 2 N–H and O–H groups in total. The van der Waals surface area contributed by atoms with E-state index in [2.05, 4.69) is 15.6 Å². The molecule has 7 heteroatoms. The smallest absolute Gasteiger partial charge is 0.427 e. The van der Waals surface area contributed by atoms with Gasteiger partial charge in [0.25, 0.3) is 0 Å². The molecule has 0 amide bonds. The van der Waals surface area contributed by atoms with Crippen LogP contribution in [0.4, 0.5) is 4.79 Å². The van der Waals surface area contributed by atoms with Crippen molar-refractivity contribution in [1.82, 2.24) is 10.6 Å². The average molecular weight is 313 g/mol. The molecule has 1 aliphatic rings. The second kappa shape index (κ2) is 6.14. The predicted octanol–water partition coefficient (Wildman–Crippen LogP) is 1.47. The van der Waals surface area contributed by atoms with E-state index in [-0.39, 0.29) is 12.2 Å². The molecule has 1 fully saturated rings. The molecule has 1 aliphatic heterocycles. The van der Waals surface area contributed by atoms with Gasteiger partial charge in [-0.1, -0.05) is 0 Å². The Morgan fingerprint density at radius 1 is 1.05 bits per heavy atom. The van der Waals surface area contributed by atoms with E-state index in [4.69, 9.17) is 9.47 Å². The summed E-state index contributed by atoms with van der Waals surface area (Å²) in [4.78, 5) is 28.7. The molecule has 0 spiro atoms. The van der Waals surface area contributed by atoms with Crippen LogP contribution in [0.15, 0.2) is 4.99 Å². The van der Waals surface area contributed by atoms with Gasteiger partial charge in [-0.2, -0.15) is 0 Å². The summed E-state index contributed by atoms with van der Waals surface area (Å²) in [7, 11) is 3.50. The van der Waals surface area contributed by atoms with Crippen molar-refractivity contribution in [2.45, 2.75) is 52.2 Å². The third-order valence-electron chi connectivity index (χ3n) is 4.73. The van der Waals surface area contributed by atoms with Gasteiger partial charge < -0.3 is 20.1 Å². The monoisotopic (exact) mass is 313 g/mol. The summed E-state index contributed by atoms with van der Waals surface area (Å²) < 4.78 is 10.5. The Balaban J connectivity index is 2.97. The predicted molar refractivity (Wildman–Crippen MR) is 83.9 cm³/mol. The van der Waals surface area contributed by atoms with Crippen molar-refractivity contribution < 1.29 is 19.1 Å². The number of nitrogens with one attached hydrogen (secondary N) is 2. The van der Waals surface area contributed by atoms with E-state index < -0.39 is 22.8 Å². The van der Waals surface area contributed by atoms with Crippen LogP contribution in [0.1, 0.15) is 41.0 Å². The van der Waals surface area contributed by atoms with Gasteiger partial charge in [-0.25, -0.2) is 4.79 Å². The number of hydrogen-bond acceptors (Lipinski definition) is 5. The highest BCUT2D eigenvalue weighted by molar-refractivity contribution is 5.89. The quantitative estimate of drug-likeness (QED) is 0.464. The zero-order chi connectivity index (χ0) is 17.2. The van der Waals surface area contributed by atoms with Crippen LogP contribution < -0.4 is 10.6 Å². The zero-order valence-corrected chi connectivity index (χ0v) is 14.5. The highest BCUT2D eigenvalue weighted by Crippen LogP contribution is 2.50. The molecule has 0 unspecified atom stereocenters. The molecule has 0 aliphatic carbocycles. The number of cyclic esters (lactones) is 2. The molecular weight excluding hydrogens is 286 g/mol. The summed E-state index contributed by atoms with van der Waals surface area (Å²) in [5.41, 5.74) is -2.88. The number of rotatable bonds is 4. The topological polar surface area (TPSA) is 89.0 Å². The van der Waals surface area contributed by atoms with Crippen molar-refractivity contribution in [1.29, 1.82) is 0 Å². The van der Waals surface area contributed by atoms with E-state index >= 15 is 0 Å². The maximum absolute atomic E-state index is 12.8. The molecule has 0 bridgehead atoms. The van der Waals surface area contributed by atoms with Gasteiger partial charge in [0, 0.05) is 27.1 Å². The minimum Gasteiger partial charge on any atom is -0.427 e. The third kappa shape index (κ3) is 3.03. The van der Waals surface area contributed by atoms with Gasteiger partial charge in [-0.05, 0) is 34.6 Å². The fourth-order valence-corrected chi connectivity index (χ4v) is 2.84. The normalized spacial score (nSPS) is 21.1. The first kappa shape index (κ1) is 18.3. The van der Waals surface area contributed by atoms with Gasteiger partial charge in [-0.15, -0.1) is 0 Å². The van der Waals surface area contributed by atoms with Crippen molar-refractivity contribution in [3.8, 4) is 0 Å². The first-order chi connectivity index (χ1) is 10.0. The lowest BCUT2D eigenvalue weighted by Crippen LogP contribution is -2.66. The standard InChI is InChI=1S/C15H27N3O4/c1-13(2)15(5,14(3,4)22-12(20)21-13)10(19)8-9-18-11(16-6)17-7/h8-9H2,1-7H3,(H2,16,17,18). The summed E-state index contributed by atoms with van der Waals surface area (Å²) >= 11 is 0. The lowest BCUT2D eigenvalue weighted by Gasteiger charge is -2.53. The number of nitrogens with zero attached hydrogens (tertiary/aromatic N) is 1. The maximum Gasteiger partial charge on any atom is 0.509 e. The Morgan fingerprint density at radius 2 is 1.50 bits per heavy atom. The Morgan fingerprint density at radius 3 is 1.91 bits per heavy atom.